The van der Waals surface area contributed by atoms with Crippen molar-refractivity contribution in [3.63, 3.8) is 0 Å². The summed E-state index contributed by atoms with van der Waals surface area (Å²) in [5.74, 6) is -1.77. The number of nitrogens with one attached hydrogen (secondary N) is 1. The molecule has 7 nitrogen and oxygen atoms in total. The molecule has 0 radical (unpaired) electrons. The van der Waals surface area contributed by atoms with Crippen LogP contribution in [0.15, 0.2) is 46.5 Å². The second-order valence-corrected chi connectivity index (χ2v) is 6.84. The van der Waals surface area contributed by atoms with E-state index in [-0.39, 0.29) is 11.3 Å². The molecule has 0 aliphatic heterocycles. The Morgan fingerprint density at radius 2 is 1.96 bits per heavy atom. The monoisotopic (exact) mass is 402 g/mol. The molecule has 27 heavy (non-hydrogen) atoms. The van der Waals surface area contributed by atoms with Crippen LogP contribution in [0.3, 0.4) is 0 Å². The van der Waals surface area contributed by atoms with Crippen molar-refractivity contribution in [2.24, 2.45) is 0 Å². The maximum atomic E-state index is 12.1. The molecule has 0 saturated carbocycles. The van der Waals surface area contributed by atoms with E-state index in [4.69, 9.17) is 9.47 Å². The Hall–Kier alpha value is -3.04. The number of hydrogen-bond acceptors (Lipinski definition) is 8. The average molecular weight is 402 g/mol. The number of nitrogens with zero attached hydrogens (tertiary/aromatic N) is 1. The van der Waals surface area contributed by atoms with Crippen molar-refractivity contribution in [2.75, 3.05) is 13.7 Å². The molecule has 3 rings (SSSR count). The molecule has 0 atom stereocenters. The van der Waals surface area contributed by atoms with E-state index in [9.17, 15) is 14.4 Å². The van der Waals surface area contributed by atoms with Crippen LogP contribution >= 0.6 is 22.7 Å². The summed E-state index contributed by atoms with van der Waals surface area (Å²) in [5.41, 5.74) is 1.24. The fourth-order valence-electron chi connectivity index (χ4n) is 2.15. The summed E-state index contributed by atoms with van der Waals surface area (Å²) in [4.78, 5) is 40.2. The van der Waals surface area contributed by atoms with Gasteiger partial charge in [0.05, 0.1) is 12.7 Å². The van der Waals surface area contributed by atoms with Gasteiger partial charge in [-0.25, -0.2) is 9.78 Å². The van der Waals surface area contributed by atoms with E-state index in [1.54, 1.807) is 23.6 Å². The van der Waals surface area contributed by atoms with Gasteiger partial charge >= 0.3 is 5.97 Å². The molecule has 0 unspecified atom stereocenters. The molecule has 2 amide bonds. The first kappa shape index (κ1) is 18.7. The molecule has 0 aliphatic carbocycles. The Bertz CT molecular complexity index is 966. The zero-order valence-electron chi connectivity index (χ0n) is 14.1. The van der Waals surface area contributed by atoms with Gasteiger partial charge in [0.15, 0.2) is 12.3 Å². The van der Waals surface area contributed by atoms with Gasteiger partial charge in [-0.1, -0.05) is 12.1 Å². The van der Waals surface area contributed by atoms with Crippen LogP contribution in [0.4, 0.5) is 0 Å². The molecule has 0 aliphatic rings. The van der Waals surface area contributed by atoms with Gasteiger partial charge in [0.1, 0.15) is 10.8 Å². The van der Waals surface area contributed by atoms with Gasteiger partial charge in [0.25, 0.3) is 11.8 Å². The topological polar surface area (TPSA) is 94.6 Å². The van der Waals surface area contributed by atoms with Crippen molar-refractivity contribution in [3.05, 3.63) is 57.7 Å². The molecule has 138 valence electrons. The number of thiazole rings is 1. The lowest BCUT2D eigenvalue weighted by Gasteiger charge is -2.08. The minimum Gasteiger partial charge on any atom is -0.496 e. The van der Waals surface area contributed by atoms with Crippen molar-refractivity contribution < 1.29 is 23.9 Å². The second kappa shape index (κ2) is 8.56. The fraction of sp³-hybridized carbons (Fsp3) is 0.111. The van der Waals surface area contributed by atoms with E-state index in [2.05, 4.69) is 10.3 Å². The Kier molecular flexibility index (Phi) is 5.94. The highest BCUT2D eigenvalue weighted by Gasteiger charge is 2.18. The van der Waals surface area contributed by atoms with Crippen molar-refractivity contribution in [3.8, 4) is 16.3 Å². The first-order valence-electron chi connectivity index (χ1n) is 7.71. The van der Waals surface area contributed by atoms with Crippen molar-refractivity contribution >= 4 is 40.5 Å². The van der Waals surface area contributed by atoms with Gasteiger partial charge in [0, 0.05) is 16.3 Å². The Morgan fingerprint density at radius 1 is 1.15 bits per heavy atom. The first-order chi connectivity index (χ1) is 13.1. The van der Waals surface area contributed by atoms with Crippen LogP contribution in [0.1, 0.15) is 20.8 Å². The molecular formula is C18H14N2O5S2. The number of amides is 2. The number of methoxy groups -OCH3 is 1. The van der Waals surface area contributed by atoms with E-state index in [1.165, 1.54) is 35.8 Å². The number of hydrogen-bond donors (Lipinski definition) is 1. The summed E-state index contributed by atoms with van der Waals surface area (Å²) in [7, 11) is 1.42. The molecule has 2 aromatic heterocycles. The summed E-state index contributed by atoms with van der Waals surface area (Å²) < 4.78 is 10.00. The first-order valence-corrected chi connectivity index (χ1v) is 9.53. The van der Waals surface area contributed by atoms with Crippen LogP contribution in [-0.2, 0) is 9.53 Å². The van der Waals surface area contributed by atoms with Crippen LogP contribution < -0.4 is 10.1 Å². The number of rotatable bonds is 6. The minimum atomic E-state index is -0.743. The quantitative estimate of drug-likeness (QED) is 0.637. The highest BCUT2D eigenvalue weighted by atomic mass is 32.1. The molecule has 2 heterocycles. The number of aromatic nitrogens is 1. The molecule has 0 spiro atoms. The molecule has 3 aromatic rings. The summed E-state index contributed by atoms with van der Waals surface area (Å²) in [5, 5.41) is 8.25. The molecule has 0 saturated heterocycles. The lowest BCUT2D eigenvalue weighted by Crippen LogP contribution is -2.34. The summed E-state index contributed by atoms with van der Waals surface area (Å²) >= 11 is 2.84. The third-order valence-electron chi connectivity index (χ3n) is 3.42. The Labute approximate surface area is 162 Å². The van der Waals surface area contributed by atoms with Gasteiger partial charge in [-0.3, -0.25) is 14.9 Å². The zero-order chi connectivity index (χ0) is 19.2. The van der Waals surface area contributed by atoms with Crippen LogP contribution in [0.2, 0.25) is 0 Å². The number of carbonyl (C=O) groups is 3. The molecule has 0 bridgehead atoms. The third-order valence-corrected chi connectivity index (χ3v) is 4.99. The molecule has 1 aromatic carbocycles. The summed E-state index contributed by atoms with van der Waals surface area (Å²) in [6.07, 6.45) is 0. The lowest BCUT2D eigenvalue weighted by molar-refractivity contribution is -0.123. The highest BCUT2D eigenvalue weighted by molar-refractivity contribution is 7.14. The maximum absolute atomic E-state index is 12.1. The van der Waals surface area contributed by atoms with E-state index in [0.29, 0.717) is 10.8 Å². The van der Waals surface area contributed by atoms with Gasteiger partial charge < -0.3 is 9.47 Å². The van der Waals surface area contributed by atoms with Crippen LogP contribution in [0.25, 0.3) is 10.6 Å². The number of benzene rings is 1. The number of para-hydroxylation sites is 1. The van der Waals surface area contributed by atoms with E-state index >= 15 is 0 Å². The van der Waals surface area contributed by atoms with Crippen LogP contribution in [0.5, 0.6) is 5.75 Å². The zero-order valence-corrected chi connectivity index (χ0v) is 15.8. The van der Waals surface area contributed by atoms with E-state index in [1.807, 2.05) is 16.8 Å². The van der Waals surface area contributed by atoms with Crippen molar-refractivity contribution in [1.82, 2.24) is 10.3 Å². The van der Waals surface area contributed by atoms with Gasteiger partial charge in [-0.2, -0.15) is 11.3 Å². The number of ether oxygens (including phenoxy) is 2. The van der Waals surface area contributed by atoms with Crippen molar-refractivity contribution in [2.45, 2.75) is 0 Å². The number of carbonyl (C=O) groups excluding carboxylic acids is 3. The van der Waals surface area contributed by atoms with Crippen molar-refractivity contribution in [1.29, 1.82) is 0 Å². The lowest BCUT2D eigenvalue weighted by atomic mass is 10.2. The maximum Gasteiger partial charge on any atom is 0.358 e. The minimum absolute atomic E-state index is 0.116. The largest absolute Gasteiger partial charge is 0.496 e. The number of imide groups is 1. The Morgan fingerprint density at radius 3 is 2.70 bits per heavy atom. The second-order valence-electron chi connectivity index (χ2n) is 5.20. The molecule has 9 heteroatoms. The summed E-state index contributed by atoms with van der Waals surface area (Å²) in [6, 6.07) is 8.38. The highest BCUT2D eigenvalue weighted by Crippen LogP contribution is 2.25. The SMILES string of the molecule is COc1ccccc1C(=O)NC(=O)COC(=O)c1csc(-c2ccsc2)n1. The molecular weight excluding hydrogens is 388 g/mol. The number of esters is 1. The standard InChI is InChI=1S/C18H14N2O5S2/c1-24-14-5-3-2-4-12(14)16(22)20-15(21)8-25-18(23)13-10-27-17(19-13)11-6-7-26-9-11/h2-7,9-10H,8H2,1H3,(H,20,21,22). The van der Waals surface area contributed by atoms with Gasteiger partial charge in [0.2, 0.25) is 0 Å². The van der Waals surface area contributed by atoms with Crippen LogP contribution in [0, 0.1) is 0 Å². The van der Waals surface area contributed by atoms with Gasteiger partial charge in [-0.05, 0) is 23.6 Å². The predicted octanol–water partition coefficient (Wildman–Crippen LogP) is 2.99. The smallest absolute Gasteiger partial charge is 0.358 e. The van der Waals surface area contributed by atoms with E-state index in [0.717, 1.165) is 5.56 Å². The van der Waals surface area contributed by atoms with Gasteiger partial charge in [-0.15, -0.1) is 11.3 Å². The third kappa shape index (κ3) is 4.57. The Balaban J connectivity index is 1.54. The fourth-order valence-corrected chi connectivity index (χ4v) is 3.65. The number of thiophene rings is 1. The van der Waals surface area contributed by atoms with Crippen LogP contribution in [-0.4, -0.2) is 36.5 Å². The molecule has 0 fully saturated rings. The van der Waals surface area contributed by atoms with E-state index < -0.39 is 24.4 Å². The summed E-state index contributed by atoms with van der Waals surface area (Å²) in [6.45, 7) is -0.592. The predicted molar refractivity (Wildman–Crippen MR) is 101 cm³/mol. The average Bonchev–Trinajstić information content (AvgIpc) is 3.37. The normalized spacial score (nSPS) is 10.3. The molecule has 1 N–H and O–H groups in total.